The van der Waals surface area contributed by atoms with Crippen molar-refractivity contribution in [2.45, 2.75) is 71.3 Å². The minimum atomic E-state index is -1.06. The topological polar surface area (TPSA) is 82.1 Å². The number of amides is 1. The SMILES string of the molecule is C[C@H](OC(=O)[C@@H]1CCCCN1C(=O)OC(C)(C)C)C(=O)OCc1ccccc1. The number of likely N-dealkylation sites (tertiary alicyclic amines) is 1. The maximum absolute atomic E-state index is 12.6. The van der Waals surface area contributed by atoms with Crippen molar-refractivity contribution < 1.29 is 28.6 Å². The van der Waals surface area contributed by atoms with Gasteiger partial charge in [-0.2, -0.15) is 0 Å². The number of carbonyl (C=O) groups excluding carboxylic acids is 3. The van der Waals surface area contributed by atoms with E-state index in [2.05, 4.69) is 0 Å². The molecule has 0 N–H and O–H groups in total. The minimum Gasteiger partial charge on any atom is -0.458 e. The quantitative estimate of drug-likeness (QED) is 0.565. The number of piperidine rings is 1. The molecule has 28 heavy (non-hydrogen) atoms. The molecule has 1 aromatic rings. The van der Waals surface area contributed by atoms with Crippen LogP contribution < -0.4 is 0 Å². The van der Waals surface area contributed by atoms with Gasteiger partial charge >= 0.3 is 18.0 Å². The monoisotopic (exact) mass is 391 g/mol. The fraction of sp³-hybridized carbons (Fsp3) is 0.571. The maximum Gasteiger partial charge on any atom is 0.411 e. The molecular formula is C21H29NO6. The third-order valence-electron chi connectivity index (χ3n) is 4.25. The van der Waals surface area contributed by atoms with E-state index in [1.807, 2.05) is 30.3 Å². The summed E-state index contributed by atoms with van der Waals surface area (Å²) in [6.45, 7) is 7.30. The van der Waals surface area contributed by atoms with Gasteiger partial charge in [-0.15, -0.1) is 0 Å². The molecule has 0 aliphatic carbocycles. The van der Waals surface area contributed by atoms with E-state index in [4.69, 9.17) is 14.2 Å². The highest BCUT2D eigenvalue weighted by molar-refractivity contribution is 5.84. The summed E-state index contributed by atoms with van der Waals surface area (Å²) in [7, 11) is 0. The summed E-state index contributed by atoms with van der Waals surface area (Å²) in [6, 6.07) is 8.49. The Morgan fingerprint density at radius 2 is 1.82 bits per heavy atom. The molecule has 154 valence electrons. The van der Waals surface area contributed by atoms with E-state index in [-0.39, 0.29) is 6.61 Å². The Kier molecular flexibility index (Phi) is 7.43. The van der Waals surface area contributed by atoms with E-state index in [1.165, 1.54) is 11.8 Å². The number of carbonyl (C=O) groups is 3. The summed E-state index contributed by atoms with van der Waals surface area (Å²) in [6.07, 6.45) is 0.458. The van der Waals surface area contributed by atoms with Gasteiger partial charge < -0.3 is 14.2 Å². The first-order valence-corrected chi connectivity index (χ1v) is 9.58. The lowest BCUT2D eigenvalue weighted by Crippen LogP contribution is -2.51. The lowest BCUT2D eigenvalue weighted by Gasteiger charge is -2.35. The lowest BCUT2D eigenvalue weighted by atomic mass is 10.0. The second kappa shape index (κ2) is 9.57. The molecule has 0 spiro atoms. The molecule has 1 aromatic carbocycles. The zero-order valence-electron chi connectivity index (χ0n) is 17.0. The van der Waals surface area contributed by atoms with Gasteiger partial charge in [-0.05, 0) is 52.5 Å². The molecule has 1 fully saturated rings. The minimum absolute atomic E-state index is 0.106. The zero-order chi connectivity index (χ0) is 20.7. The van der Waals surface area contributed by atoms with Crippen LogP contribution in [0.1, 0.15) is 52.5 Å². The van der Waals surface area contributed by atoms with Crippen molar-refractivity contribution in [3.63, 3.8) is 0 Å². The summed E-state index contributed by atoms with van der Waals surface area (Å²) >= 11 is 0. The Morgan fingerprint density at radius 1 is 1.14 bits per heavy atom. The van der Waals surface area contributed by atoms with Crippen LogP contribution in [0.5, 0.6) is 0 Å². The molecular weight excluding hydrogens is 362 g/mol. The van der Waals surface area contributed by atoms with Crippen LogP contribution in [0.3, 0.4) is 0 Å². The molecule has 7 nitrogen and oxygen atoms in total. The molecule has 1 heterocycles. The first kappa shape index (κ1) is 21.7. The highest BCUT2D eigenvalue weighted by atomic mass is 16.6. The number of nitrogens with zero attached hydrogens (tertiary/aromatic N) is 1. The van der Waals surface area contributed by atoms with Crippen LogP contribution in [-0.2, 0) is 30.4 Å². The van der Waals surface area contributed by atoms with Crippen LogP contribution >= 0.6 is 0 Å². The molecule has 1 aliphatic rings. The van der Waals surface area contributed by atoms with Crippen molar-refractivity contribution in [3.8, 4) is 0 Å². The molecule has 1 aliphatic heterocycles. The summed E-state index contributed by atoms with van der Waals surface area (Å²) in [5.41, 5.74) is 0.190. The Bertz CT molecular complexity index is 682. The molecule has 0 saturated carbocycles. The van der Waals surface area contributed by atoms with Gasteiger partial charge in [-0.3, -0.25) is 4.90 Å². The van der Waals surface area contributed by atoms with Crippen LogP contribution in [0.2, 0.25) is 0 Å². The molecule has 1 amide bonds. The summed E-state index contributed by atoms with van der Waals surface area (Å²) in [5.74, 6) is -1.24. The normalized spacial score (nSPS) is 18.1. The molecule has 0 radical (unpaired) electrons. The van der Waals surface area contributed by atoms with Crippen LogP contribution in [-0.4, -0.2) is 47.2 Å². The van der Waals surface area contributed by atoms with E-state index >= 15 is 0 Å². The van der Waals surface area contributed by atoms with Gasteiger partial charge in [0.2, 0.25) is 0 Å². The molecule has 7 heteroatoms. The third-order valence-corrected chi connectivity index (χ3v) is 4.25. The molecule has 2 atom stereocenters. The van der Waals surface area contributed by atoms with E-state index < -0.39 is 35.8 Å². The zero-order valence-corrected chi connectivity index (χ0v) is 17.0. The van der Waals surface area contributed by atoms with Crippen LogP contribution in [0.25, 0.3) is 0 Å². The van der Waals surface area contributed by atoms with E-state index in [1.54, 1.807) is 20.8 Å². The van der Waals surface area contributed by atoms with E-state index in [0.29, 0.717) is 13.0 Å². The molecule has 0 bridgehead atoms. The number of benzene rings is 1. The Morgan fingerprint density at radius 3 is 2.46 bits per heavy atom. The van der Waals surface area contributed by atoms with Gasteiger partial charge in [0, 0.05) is 6.54 Å². The number of esters is 2. The van der Waals surface area contributed by atoms with Crippen LogP contribution in [0.4, 0.5) is 4.79 Å². The van der Waals surface area contributed by atoms with Crippen molar-refractivity contribution in [3.05, 3.63) is 35.9 Å². The summed E-state index contributed by atoms with van der Waals surface area (Å²) in [5, 5.41) is 0. The molecule has 1 saturated heterocycles. The second-order valence-corrected chi connectivity index (χ2v) is 7.86. The van der Waals surface area contributed by atoms with Gasteiger partial charge in [0.05, 0.1) is 0 Å². The van der Waals surface area contributed by atoms with Crippen LogP contribution in [0, 0.1) is 0 Å². The smallest absolute Gasteiger partial charge is 0.411 e. The van der Waals surface area contributed by atoms with Crippen molar-refractivity contribution in [2.75, 3.05) is 6.54 Å². The summed E-state index contributed by atoms with van der Waals surface area (Å²) < 4.78 is 15.9. The van der Waals surface area contributed by atoms with Crippen molar-refractivity contribution in [1.82, 2.24) is 4.90 Å². The third kappa shape index (κ3) is 6.55. The molecule has 2 rings (SSSR count). The Balaban J connectivity index is 1.91. The lowest BCUT2D eigenvalue weighted by molar-refractivity contribution is -0.171. The average Bonchev–Trinajstić information content (AvgIpc) is 2.65. The number of ether oxygens (including phenoxy) is 3. The van der Waals surface area contributed by atoms with Gasteiger partial charge in [-0.25, -0.2) is 14.4 Å². The van der Waals surface area contributed by atoms with Crippen molar-refractivity contribution in [2.24, 2.45) is 0 Å². The highest BCUT2D eigenvalue weighted by Crippen LogP contribution is 2.22. The first-order valence-electron chi connectivity index (χ1n) is 9.58. The van der Waals surface area contributed by atoms with Gasteiger partial charge in [-0.1, -0.05) is 30.3 Å². The fourth-order valence-corrected chi connectivity index (χ4v) is 2.86. The van der Waals surface area contributed by atoms with E-state index in [9.17, 15) is 14.4 Å². The van der Waals surface area contributed by atoms with Gasteiger partial charge in [0.15, 0.2) is 6.10 Å². The standard InChI is InChI=1S/C21H29NO6/c1-15(18(23)26-14-16-10-6-5-7-11-16)27-19(24)17-12-8-9-13-22(17)20(25)28-21(2,3)4/h5-7,10-11,15,17H,8-9,12-14H2,1-4H3/t15-,17-/m0/s1. The van der Waals surface area contributed by atoms with Gasteiger partial charge in [0.1, 0.15) is 18.2 Å². The van der Waals surface area contributed by atoms with E-state index in [0.717, 1.165) is 18.4 Å². The van der Waals surface area contributed by atoms with Crippen molar-refractivity contribution in [1.29, 1.82) is 0 Å². The Hall–Kier alpha value is -2.57. The van der Waals surface area contributed by atoms with Gasteiger partial charge in [0.25, 0.3) is 0 Å². The average molecular weight is 391 g/mol. The fourth-order valence-electron chi connectivity index (χ4n) is 2.86. The van der Waals surface area contributed by atoms with Crippen molar-refractivity contribution >= 4 is 18.0 Å². The Labute approximate surface area is 165 Å². The first-order chi connectivity index (χ1) is 13.2. The number of hydrogen-bond donors (Lipinski definition) is 0. The largest absolute Gasteiger partial charge is 0.458 e. The maximum atomic E-state index is 12.6. The highest BCUT2D eigenvalue weighted by Gasteiger charge is 2.37. The molecule has 0 aromatic heterocycles. The second-order valence-electron chi connectivity index (χ2n) is 7.86. The predicted octanol–water partition coefficient (Wildman–Crippen LogP) is 3.45. The number of hydrogen-bond acceptors (Lipinski definition) is 6. The predicted molar refractivity (Wildman–Crippen MR) is 102 cm³/mol. The number of rotatable bonds is 5. The molecule has 0 unspecified atom stereocenters. The van der Waals surface area contributed by atoms with Crippen LogP contribution in [0.15, 0.2) is 30.3 Å². The summed E-state index contributed by atoms with van der Waals surface area (Å²) in [4.78, 5) is 38.5.